The summed E-state index contributed by atoms with van der Waals surface area (Å²) in [4.78, 5) is 0. The van der Waals surface area contributed by atoms with E-state index in [0.717, 1.165) is 11.4 Å². The SMILES string of the molecule is Cc1cc(C)c(NC(=S)Nc2ccccc2)c(C)c1. The van der Waals surface area contributed by atoms with E-state index in [0.29, 0.717) is 5.11 Å². The van der Waals surface area contributed by atoms with Gasteiger partial charge in [0.1, 0.15) is 0 Å². The minimum Gasteiger partial charge on any atom is -0.332 e. The van der Waals surface area contributed by atoms with Crippen molar-refractivity contribution in [2.75, 3.05) is 10.6 Å². The Balaban J connectivity index is 2.12. The lowest BCUT2D eigenvalue weighted by Crippen LogP contribution is -2.20. The first kappa shape index (κ1) is 13.6. The third-order valence-corrected chi connectivity index (χ3v) is 3.15. The van der Waals surface area contributed by atoms with Crippen molar-refractivity contribution < 1.29 is 0 Å². The number of rotatable bonds is 2. The molecule has 0 bridgehead atoms. The number of hydrogen-bond acceptors (Lipinski definition) is 1. The van der Waals surface area contributed by atoms with Crippen LogP contribution in [-0.2, 0) is 0 Å². The number of aryl methyl sites for hydroxylation is 3. The van der Waals surface area contributed by atoms with Gasteiger partial charge in [0, 0.05) is 11.4 Å². The molecule has 2 rings (SSSR count). The Morgan fingerprint density at radius 2 is 1.47 bits per heavy atom. The van der Waals surface area contributed by atoms with Crippen LogP contribution in [0.4, 0.5) is 11.4 Å². The van der Waals surface area contributed by atoms with E-state index in [4.69, 9.17) is 12.2 Å². The monoisotopic (exact) mass is 270 g/mol. The molecule has 3 heteroatoms. The van der Waals surface area contributed by atoms with Crippen molar-refractivity contribution in [2.24, 2.45) is 0 Å². The molecule has 2 nitrogen and oxygen atoms in total. The lowest BCUT2D eigenvalue weighted by molar-refractivity contribution is 1.32. The minimum absolute atomic E-state index is 0.612. The number of nitrogens with one attached hydrogen (secondary N) is 2. The minimum atomic E-state index is 0.612. The third kappa shape index (κ3) is 3.55. The second-order valence-corrected chi connectivity index (χ2v) is 5.13. The molecule has 0 amide bonds. The fraction of sp³-hybridized carbons (Fsp3) is 0.188. The lowest BCUT2D eigenvalue weighted by atomic mass is 10.1. The van der Waals surface area contributed by atoms with Crippen LogP contribution in [-0.4, -0.2) is 5.11 Å². The summed E-state index contributed by atoms with van der Waals surface area (Å²) in [5.74, 6) is 0. The highest BCUT2D eigenvalue weighted by Crippen LogP contribution is 2.22. The van der Waals surface area contributed by atoms with E-state index in [1.54, 1.807) is 0 Å². The summed E-state index contributed by atoms with van der Waals surface area (Å²) in [7, 11) is 0. The van der Waals surface area contributed by atoms with Crippen LogP contribution in [0.3, 0.4) is 0 Å². The fourth-order valence-corrected chi connectivity index (χ4v) is 2.39. The van der Waals surface area contributed by atoms with Crippen molar-refractivity contribution in [3.05, 3.63) is 59.2 Å². The highest BCUT2D eigenvalue weighted by Gasteiger charge is 2.05. The molecule has 2 N–H and O–H groups in total. The zero-order chi connectivity index (χ0) is 13.8. The zero-order valence-corrected chi connectivity index (χ0v) is 12.3. The molecule has 0 saturated carbocycles. The molecule has 2 aromatic rings. The van der Waals surface area contributed by atoms with Gasteiger partial charge in [0.15, 0.2) is 5.11 Å². The van der Waals surface area contributed by atoms with E-state index < -0.39 is 0 Å². The Morgan fingerprint density at radius 1 is 0.895 bits per heavy atom. The number of anilines is 2. The summed E-state index contributed by atoms with van der Waals surface area (Å²) < 4.78 is 0. The summed E-state index contributed by atoms with van der Waals surface area (Å²) in [5.41, 5.74) is 5.74. The Hall–Kier alpha value is -1.87. The standard InChI is InChI=1S/C16H18N2S/c1-11-9-12(2)15(13(3)10-11)18-16(19)17-14-7-5-4-6-8-14/h4-10H,1-3H3,(H2,17,18,19). The predicted octanol–water partition coefficient (Wildman–Crippen LogP) is 4.42. The molecule has 0 spiro atoms. The van der Waals surface area contributed by atoms with Crippen LogP contribution in [0.2, 0.25) is 0 Å². The second-order valence-electron chi connectivity index (χ2n) is 4.72. The summed E-state index contributed by atoms with van der Waals surface area (Å²) >= 11 is 5.35. The van der Waals surface area contributed by atoms with Crippen molar-refractivity contribution in [2.45, 2.75) is 20.8 Å². The molecule has 0 aliphatic carbocycles. The van der Waals surface area contributed by atoms with Gasteiger partial charge in [0.05, 0.1) is 0 Å². The molecule has 0 unspecified atom stereocenters. The average Bonchev–Trinajstić information content (AvgIpc) is 2.35. The molecule has 0 radical (unpaired) electrons. The van der Waals surface area contributed by atoms with Gasteiger partial charge in [-0.1, -0.05) is 35.9 Å². The molecule has 19 heavy (non-hydrogen) atoms. The normalized spacial score (nSPS) is 10.1. The van der Waals surface area contributed by atoms with Gasteiger partial charge in [0.25, 0.3) is 0 Å². The van der Waals surface area contributed by atoms with E-state index in [9.17, 15) is 0 Å². The van der Waals surface area contributed by atoms with Gasteiger partial charge in [-0.05, 0) is 56.2 Å². The fourth-order valence-electron chi connectivity index (χ4n) is 2.17. The van der Waals surface area contributed by atoms with E-state index in [1.165, 1.54) is 16.7 Å². The van der Waals surface area contributed by atoms with E-state index in [2.05, 4.69) is 43.5 Å². The Labute approximate surface area is 119 Å². The molecule has 98 valence electrons. The predicted molar refractivity (Wildman–Crippen MR) is 86.9 cm³/mol. The molecular formula is C16H18N2S. The van der Waals surface area contributed by atoms with Crippen LogP contribution < -0.4 is 10.6 Å². The lowest BCUT2D eigenvalue weighted by Gasteiger charge is -2.15. The maximum atomic E-state index is 5.35. The maximum Gasteiger partial charge on any atom is 0.175 e. The first-order valence-corrected chi connectivity index (χ1v) is 6.68. The number of hydrogen-bond donors (Lipinski definition) is 2. The van der Waals surface area contributed by atoms with Gasteiger partial charge in [0.2, 0.25) is 0 Å². The summed E-state index contributed by atoms with van der Waals surface area (Å²) in [5, 5.41) is 7.07. The first-order valence-electron chi connectivity index (χ1n) is 6.27. The molecule has 0 saturated heterocycles. The number of thiocarbonyl (C=S) groups is 1. The smallest absolute Gasteiger partial charge is 0.175 e. The van der Waals surface area contributed by atoms with Gasteiger partial charge in [-0.15, -0.1) is 0 Å². The highest BCUT2D eigenvalue weighted by atomic mass is 32.1. The van der Waals surface area contributed by atoms with Crippen molar-refractivity contribution in [1.82, 2.24) is 0 Å². The van der Waals surface area contributed by atoms with Crippen LogP contribution >= 0.6 is 12.2 Å². The second kappa shape index (κ2) is 5.85. The van der Waals surface area contributed by atoms with Crippen molar-refractivity contribution in [1.29, 1.82) is 0 Å². The van der Waals surface area contributed by atoms with Gasteiger partial charge in [-0.25, -0.2) is 0 Å². The van der Waals surface area contributed by atoms with Gasteiger partial charge in [-0.3, -0.25) is 0 Å². The van der Waals surface area contributed by atoms with Gasteiger partial charge >= 0.3 is 0 Å². The summed E-state index contributed by atoms with van der Waals surface area (Å²) in [6, 6.07) is 14.2. The van der Waals surface area contributed by atoms with Crippen LogP contribution in [0.1, 0.15) is 16.7 Å². The number of para-hydroxylation sites is 1. The Kier molecular flexibility index (Phi) is 4.17. The topological polar surface area (TPSA) is 24.1 Å². The van der Waals surface area contributed by atoms with Crippen molar-refractivity contribution >= 4 is 28.7 Å². The molecular weight excluding hydrogens is 252 g/mol. The maximum absolute atomic E-state index is 5.35. The van der Waals surface area contributed by atoms with E-state index in [-0.39, 0.29) is 0 Å². The van der Waals surface area contributed by atoms with E-state index in [1.807, 2.05) is 30.3 Å². The first-order chi connectivity index (χ1) is 9.06. The molecule has 0 aromatic heterocycles. The summed E-state index contributed by atoms with van der Waals surface area (Å²) in [6.45, 7) is 6.28. The van der Waals surface area contributed by atoms with Gasteiger partial charge in [-0.2, -0.15) is 0 Å². The molecule has 0 atom stereocenters. The molecule has 0 fully saturated rings. The zero-order valence-electron chi connectivity index (χ0n) is 11.4. The van der Waals surface area contributed by atoms with Crippen LogP contribution in [0.15, 0.2) is 42.5 Å². The Bertz CT molecular complexity index is 568. The van der Waals surface area contributed by atoms with Crippen LogP contribution in [0.5, 0.6) is 0 Å². The largest absolute Gasteiger partial charge is 0.332 e. The van der Waals surface area contributed by atoms with Crippen molar-refractivity contribution in [3.8, 4) is 0 Å². The summed E-state index contributed by atoms with van der Waals surface area (Å²) in [6.07, 6.45) is 0. The third-order valence-electron chi connectivity index (χ3n) is 2.95. The van der Waals surface area contributed by atoms with Gasteiger partial charge < -0.3 is 10.6 Å². The van der Waals surface area contributed by atoms with Crippen LogP contribution in [0, 0.1) is 20.8 Å². The van der Waals surface area contributed by atoms with Crippen molar-refractivity contribution in [3.63, 3.8) is 0 Å². The molecule has 0 aliphatic rings. The van der Waals surface area contributed by atoms with E-state index >= 15 is 0 Å². The molecule has 2 aromatic carbocycles. The number of benzene rings is 2. The van der Waals surface area contributed by atoms with Crippen LogP contribution in [0.25, 0.3) is 0 Å². The highest BCUT2D eigenvalue weighted by molar-refractivity contribution is 7.80. The Morgan fingerprint density at radius 3 is 2.05 bits per heavy atom. The average molecular weight is 270 g/mol. The quantitative estimate of drug-likeness (QED) is 0.790. The molecule has 0 aliphatic heterocycles. The molecule has 0 heterocycles.